The first-order chi connectivity index (χ1) is 17.8. The highest BCUT2D eigenvalue weighted by molar-refractivity contribution is 5.92. The van der Waals surface area contributed by atoms with E-state index < -0.39 is 46.1 Å². The third-order valence-electron chi connectivity index (χ3n) is 6.86. The van der Waals surface area contributed by atoms with Gasteiger partial charge in [-0.2, -0.15) is 0 Å². The summed E-state index contributed by atoms with van der Waals surface area (Å²) in [6.45, 7) is 6.63. The molecule has 1 aromatic carbocycles. The first-order valence-corrected chi connectivity index (χ1v) is 12.0. The number of aromatic nitrogens is 2. The van der Waals surface area contributed by atoms with Gasteiger partial charge in [0.25, 0.3) is 0 Å². The summed E-state index contributed by atoms with van der Waals surface area (Å²) in [6, 6.07) is 3.57. The number of benzene rings is 1. The van der Waals surface area contributed by atoms with Crippen molar-refractivity contribution in [2.45, 2.75) is 26.4 Å². The van der Waals surface area contributed by atoms with Crippen LogP contribution < -0.4 is 15.6 Å². The zero-order chi connectivity index (χ0) is 27.5. The van der Waals surface area contributed by atoms with Gasteiger partial charge in [0, 0.05) is 31.9 Å². The van der Waals surface area contributed by atoms with E-state index in [-0.39, 0.29) is 40.3 Å². The van der Waals surface area contributed by atoms with Crippen LogP contribution in [0.15, 0.2) is 35.3 Å². The van der Waals surface area contributed by atoms with E-state index in [9.17, 15) is 28.3 Å². The predicted molar refractivity (Wildman–Crippen MR) is 131 cm³/mol. The standard InChI is InChI=1S/C26H25F3N4O5/c1-26(2,3)38-25(37)30-8-14-15-9-32(10-16(14)15)23-19(29)7-13-21(34)17(24(35)36)11-33(22(13)31-23)20-5-4-12(27)6-18(20)28/h4-7,11,14-16H,8-10H2,1-3H3,(H,30,37)(H,35,36)/t14-,15-,16+. The third kappa shape index (κ3) is 4.66. The molecule has 12 heteroatoms. The third-order valence-corrected chi connectivity index (χ3v) is 6.86. The predicted octanol–water partition coefficient (Wildman–Crippen LogP) is 3.71. The van der Waals surface area contributed by atoms with Crippen molar-refractivity contribution in [1.82, 2.24) is 14.9 Å². The quantitative estimate of drug-likeness (QED) is 0.517. The molecule has 2 aliphatic rings. The molecule has 3 aromatic rings. The largest absolute Gasteiger partial charge is 0.477 e. The molecule has 1 aliphatic heterocycles. The summed E-state index contributed by atoms with van der Waals surface area (Å²) >= 11 is 0. The Morgan fingerprint density at radius 2 is 1.82 bits per heavy atom. The summed E-state index contributed by atoms with van der Waals surface area (Å²) in [5.41, 5.74) is -2.70. The monoisotopic (exact) mass is 530 g/mol. The lowest BCUT2D eigenvalue weighted by Gasteiger charge is -2.23. The summed E-state index contributed by atoms with van der Waals surface area (Å²) in [7, 11) is 0. The molecular weight excluding hydrogens is 505 g/mol. The highest BCUT2D eigenvalue weighted by atomic mass is 19.1. The van der Waals surface area contributed by atoms with Gasteiger partial charge in [-0.3, -0.25) is 9.36 Å². The lowest BCUT2D eigenvalue weighted by Crippen LogP contribution is -2.35. The number of piperidine rings is 1. The number of nitrogens with one attached hydrogen (secondary N) is 1. The zero-order valence-electron chi connectivity index (χ0n) is 20.8. The van der Waals surface area contributed by atoms with Crippen molar-refractivity contribution in [2.75, 3.05) is 24.5 Å². The maximum Gasteiger partial charge on any atom is 0.407 e. The highest BCUT2D eigenvalue weighted by Gasteiger charge is 2.56. The number of carbonyl (C=O) groups is 2. The SMILES string of the molecule is CC(C)(C)OC(=O)NC[C@@H]1[C@H]2CN(c3nc4c(cc3F)c(=O)c(C(=O)O)cn4-c3ccc(F)cc3F)C[C@@H]12. The average molecular weight is 531 g/mol. The van der Waals surface area contributed by atoms with Gasteiger partial charge in [-0.1, -0.05) is 0 Å². The Morgan fingerprint density at radius 1 is 1.13 bits per heavy atom. The fraction of sp³-hybridized carbons (Fsp3) is 0.385. The fourth-order valence-electron chi connectivity index (χ4n) is 5.09. The topological polar surface area (TPSA) is 114 Å². The van der Waals surface area contributed by atoms with Gasteiger partial charge < -0.3 is 20.1 Å². The number of carboxylic acids is 1. The number of halogens is 3. The second kappa shape index (κ2) is 9.03. The van der Waals surface area contributed by atoms with Crippen LogP contribution in [0.5, 0.6) is 0 Å². The van der Waals surface area contributed by atoms with Crippen LogP contribution in [0.1, 0.15) is 31.1 Å². The van der Waals surface area contributed by atoms with Crippen LogP contribution in [-0.2, 0) is 4.74 Å². The molecule has 1 aliphatic carbocycles. The molecule has 2 N–H and O–H groups in total. The van der Waals surface area contributed by atoms with Crippen molar-refractivity contribution in [1.29, 1.82) is 0 Å². The first kappa shape index (κ1) is 25.6. The number of hydrogen-bond donors (Lipinski definition) is 2. The van der Waals surface area contributed by atoms with Gasteiger partial charge in [-0.15, -0.1) is 0 Å². The van der Waals surface area contributed by atoms with Crippen molar-refractivity contribution in [3.63, 3.8) is 0 Å². The maximum absolute atomic E-state index is 15.2. The van der Waals surface area contributed by atoms with Crippen molar-refractivity contribution in [3.8, 4) is 5.69 Å². The Kier molecular flexibility index (Phi) is 6.07. The Balaban J connectivity index is 1.44. The number of aromatic carboxylic acids is 1. The second-order valence-electron chi connectivity index (χ2n) is 10.6. The number of nitrogens with zero attached hydrogens (tertiary/aromatic N) is 3. The number of ether oxygens (including phenoxy) is 1. The van der Waals surface area contributed by atoms with Crippen LogP contribution in [0, 0.1) is 35.2 Å². The molecule has 1 saturated heterocycles. The Bertz CT molecular complexity index is 1520. The summed E-state index contributed by atoms with van der Waals surface area (Å²) in [6.07, 6.45) is 0.394. The summed E-state index contributed by atoms with van der Waals surface area (Å²) < 4.78 is 49.6. The van der Waals surface area contributed by atoms with E-state index in [1.807, 2.05) is 0 Å². The number of carboxylic acid groups (broad SMARTS) is 1. The molecule has 0 radical (unpaired) electrons. The summed E-state index contributed by atoms with van der Waals surface area (Å²) in [4.78, 5) is 42.4. The number of pyridine rings is 2. The van der Waals surface area contributed by atoms with Crippen LogP contribution in [0.2, 0.25) is 0 Å². The second-order valence-corrected chi connectivity index (χ2v) is 10.6. The molecule has 5 rings (SSSR count). The molecule has 9 nitrogen and oxygen atoms in total. The molecule has 3 atom stereocenters. The molecule has 1 amide bonds. The van der Waals surface area contributed by atoms with Gasteiger partial charge in [0.05, 0.1) is 11.1 Å². The van der Waals surface area contributed by atoms with Crippen molar-refractivity contribution in [2.24, 2.45) is 17.8 Å². The van der Waals surface area contributed by atoms with Crippen molar-refractivity contribution in [3.05, 3.63) is 63.7 Å². The van der Waals surface area contributed by atoms with E-state index in [4.69, 9.17) is 4.74 Å². The average Bonchev–Trinajstić information content (AvgIpc) is 3.26. The van der Waals surface area contributed by atoms with Gasteiger partial charge in [-0.05, 0) is 56.7 Å². The minimum atomic E-state index is -1.58. The van der Waals surface area contributed by atoms with Crippen LogP contribution in [0.3, 0.4) is 0 Å². The molecule has 0 bridgehead atoms. The molecule has 38 heavy (non-hydrogen) atoms. The lowest BCUT2D eigenvalue weighted by molar-refractivity contribution is 0.0523. The molecule has 0 spiro atoms. The summed E-state index contributed by atoms with van der Waals surface area (Å²) in [5.74, 6) is -3.75. The maximum atomic E-state index is 15.2. The Hall–Kier alpha value is -4.09. The fourth-order valence-corrected chi connectivity index (χ4v) is 5.09. The Labute approximate surface area is 214 Å². The van der Waals surface area contributed by atoms with Crippen LogP contribution >= 0.6 is 0 Å². The number of alkyl carbamates (subject to hydrolysis) is 1. The first-order valence-electron chi connectivity index (χ1n) is 12.0. The van der Waals surface area contributed by atoms with Gasteiger partial charge in [0.1, 0.15) is 22.8 Å². The van der Waals surface area contributed by atoms with Crippen molar-refractivity contribution < 1.29 is 32.6 Å². The van der Waals surface area contributed by atoms with Crippen molar-refractivity contribution >= 4 is 28.9 Å². The molecule has 0 unspecified atom stereocenters. The molecule has 200 valence electrons. The minimum Gasteiger partial charge on any atom is -0.477 e. The van der Waals surface area contributed by atoms with Gasteiger partial charge in [0.15, 0.2) is 17.3 Å². The van der Waals surface area contributed by atoms with Crippen LogP contribution in [0.25, 0.3) is 16.7 Å². The number of carbonyl (C=O) groups excluding carboxylic acids is 1. The molecule has 2 fully saturated rings. The molecule has 1 saturated carbocycles. The summed E-state index contributed by atoms with van der Waals surface area (Å²) in [5, 5.41) is 11.9. The normalized spacial score (nSPS) is 20.4. The van der Waals surface area contributed by atoms with Gasteiger partial charge in [0.2, 0.25) is 5.43 Å². The van der Waals surface area contributed by atoms with Gasteiger partial charge in [-0.25, -0.2) is 27.7 Å². The zero-order valence-corrected chi connectivity index (χ0v) is 20.8. The molecule has 3 heterocycles. The van der Waals surface area contributed by atoms with E-state index in [2.05, 4.69) is 10.3 Å². The number of fused-ring (bicyclic) bond motifs is 2. The van der Waals surface area contributed by atoms with Crippen LogP contribution in [0.4, 0.5) is 23.8 Å². The van der Waals surface area contributed by atoms with E-state index in [0.29, 0.717) is 25.7 Å². The smallest absolute Gasteiger partial charge is 0.407 e. The lowest BCUT2D eigenvalue weighted by atomic mass is 10.1. The number of hydrogen-bond acceptors (Lipinski definition) is 6. The van der Waals surface area contributed by atoms with Gasteiger partial charge >= 0.3 is 12.1 Å². The van der Waals surface area contributed by atoms with E-state index >= 15 is 4.39 Å². The van der Waals surface area contributed by atoms with E-state index in [1.165, 1.54) is 0 Å². The molecule has 2 aromatic heterocycles. The molecular formula is C26H25F3N4O5. The van der Waals surface area contributed by atoms with E-state index in [1.54, 1.807) is 25.7 Å². The van der Waals surface area contributed by atoms with E-state index in [0.717, 1.165) is 29.0 Å². The number of amides is 1. The number of rotatable bonds is 5. The number of anilines is 1. The highest BCUT2D eigenvalue weighted by Crippen LogP contribution is 2.52. The van der Waals surface area contributed by atoms with Crippen LogP contribution in [-0.4, -0.2) is 52.0 Å². The minimum absolute atomic E-state index is 0.0673. The Morgan fingerprint density at radius 3 is 2.42 bits per heavy atom.